The molecular formula is C21H22N6O4. The highest BCUT2D eigenvalue weighted by molar-refractivity contribution is 5.98. The lowest BCUT2D eigenvalue weighted by Gasteiger charge is -2.22. The van der Waals surface area contributed by atoms with Gasteiger partial charge < -0.3 is 14.2 Å². The number of aromatic nitrogens is 5. The van der Waals surface area contributed by atoms with E-state index in [1.54, 1.807) is 7.05 Å². The molecular weight excluding hydrogens is 400 g/mol. The highest BCUT2D eigenvalue weighted by Gasteiger charge is 2.23. The van der Waals surface area contributed by atoms with Crippen LogP contribution >= 0.6 is 0 Å². The number of methoxy groups -OCH3 is 1. The van der Waals surface area contributed by atoms with E-state index in [-0.39, 0.29) is 23.6 Å². The SMILES string of the molecule is COc1c(C(=O)Cc2cnoc2)nc(N(C)Cc2cccc3c2cnn3C)n(C)c1=O. The van der Waals surface area contributed by atoms with Gasteiger partial charge in [-0.25, -0.2) is 4.98 Å². The molecule has 0 N–H and O–H groups in total. The van der Waals surface area contributed by atoms with Crippen LogP contribution in [0.3, 0.4) is 0 Å². The minimum absolute atomic E-state index is 0.00181. The first-order valence-electron chi connectivity index (χ1n) is 9.58. The molecule has 160 valence electrons. The zero-order valence-corrected chi connectivity index (χ0v) is 17.7. The number of rotatable bonds is 7. The third-order valence-corrected chi connectivity index (χ3v) is 5.17. The number of ketones is 1. The lowest BCUT2D eigenvalue weighted by Crippen LogP contribution is -2.31. The van der Waals surface area contributed by atoms with Gasteiger partial charge >= 0.3 is 0 Å². The monoisotopic (exact) mass is 422 g/mol. The molecule has 0 aliphatic carbocycles. The molecule has 4 aromatic rings. The van der Waals surface area contributed by atoms with Crippen molar-refractivity contribution >= 4 is 22.6 Å². The van der Waals surface area contributed by atoms with Crippen LogP contribution in [0.2, 0.25) is 0 Å². The van der Waals surface area contributed by atoms with Gasteiger partial charge in [0.05, 0.1) is 25.0 Å². The largest absolute Gasteiger partial charge is 0.489 e. The number of anilines is 1. The van der Waals surface area contributed by atoms with Gasteiger partial charge in [-0.05, 0) is 11.6 Å². The number of carbonyl (C=O) groups excluding carboxylic acids is 1. The average molecular weight is 422 g/mol. The molecule has 10 heteroatoms. The maximum Gasteiger partial charge on any atom is 0.297 e. The van der Waals surface area contributed by atoms with Gasteiger partial charge in [0, 0.05) is 45.1 Å². The van der Waals surface area contributed by atoms with Crippen LogP contribution in [0.15, 0.2) is 46.2 Å². The summed E-state index contributed by atoms with van der Waals surface area (Å²) in [6, 6.07) is 5.95. The van der Waals surface area contributed by atoms with Crippen molar-refractivity contribution in [2.45, 2.75) is 13.0 Å². The van der Waals surface area contributed by atoms with Crippen LogP contribution in [0.25, 0.3) is 10.9 Å². The van der Waals surface area contributed by atoms with E-state index in [9.17, 15) is 9.59 Å². The summed E-state index contributed by atoms with van der Waals surface area (Å²) in [6.45, 7) is 0.467. The zero-order chi connectivity index (χ0) is 22.1. The standard InChI is InChI=1S/C21H22N6O4/c1-25(11-14-6-5-7-16-15(14)10-22-27(16)3)21-24-18(19(30-4)20(29)26(21)2)17(28)8-13-9-23-31-12-13/h5-7,9-10,12H,8,11H2,1-4H3. The summed E-state index contributed by atoms with van der Waals surface area (Å²) in [6.07, 6.45) is 4.64. The number of aryl methyl sites for hydroxylation is 1. The van der Waals surface area contributed by atoms with Crippen LogP contribution in [-0.4, -0.2) is 44.4 Å². The highest BCUT2D eigenvalue weighted by atomic mass is 16.5. The quantitative estimate of drug-likeness (QED) is 0.414. The van der Waals surface area contributed by atoms with Crippen LogP contribution in [-0.2, 0) is 27.1 Å². The van der Waals surface area contributed by atoms with Gasteiger partial charge in [-0.3, -0.25) is 18.8 Å². The topological polar surface area (TPSA) is 108 Å². The Bertz CT molecular complexity index is 1310. The van der Waals surface area contributed by atoms with E-state index in [0.717, 1.165) is 16.5 Å². The molecule has 0 aliphatic rings. The van der Waals surface area contributed by atoms with E-state index in [1.165, 1.54) is 24.1 Å². The molecule has 3 aromatic heterocycles. The van der Waals surface area contributed by atoms with Crippen LogP contribution in [0.5, 0.6) is 5.75 Å². The van der Waals surface area contributed by atoms with Gasteiger partial charge in [0.1, 0.15) is 6.26 Å². The Hall–Kier alpha value is -3.95. The molecule has 10 nitrogen and oxygen atoms in total. The molecule has 4 rings (SSSR count). The number of hydrogen-bond acceptors (Lipinski definition) is 8. The summed E-state index contributed by atoms with van der Waals surface area (Å²) >= 11 is 0. The number of ether oxygens (including phenoxy) is 1. The fraction of sp³-hybridized carbons (Fsp3) is 0.286. The third kappa shape index (κ3) is 3.67. The Balaban J connectivity index is 1.72. The Morgan fingerprint density at radius 1 is 1.26 bits per heavy atom. The third-order valence-electron chi connectivity index (χ3n) is 5.17. The summed E-state index contributed by atoms with van der Waals surface area (Å²) in [7, 11) is 6.65. The average Bonchev–Trinajstić information content (AvgIpc) is 3.40. The number of Topliss-reactive ketones (excluding diaryl/α,β-unsaturated/α-hetero) is 1. The highest BCUT2D eigenvalue weighted by Crippen LogP contribution is 2.22. The number of carbonyl (C=O) groups is 1. The molecule has 1 aromatic carbocycles. The number of benzene rings is 1. The minimum atomic E-state index is -0.437. The first kappa shape index (κ1) is 20.3. The summed E-state index contributed by atoms with van der Waals surface area (Å²) in [5, 5.41) is 8.93. The predicted molar refractivity (Wildman–Crippen MR) is 113 cm³/mol. The van der Waals surface area contributed by atoms with Gasteiger partial charge in [-0.15, -0.1) is 0 Å². The molecule has 0 saturated heterocycles. The normalized spacial score (nSPS) is 11.1. The molecule has 0 aliphatic heterocycles. The maximum absolute atomic E-state index is 12.9. The lowest BCUT2D eigenvalue weighted by atomic mass is 10.1. The second-order valence-corrected chi connectivity index (χ2v) is 7.26. The Kier molecular flexibility index (Phi) is 5.28. The van der Waals surface area contributed by atoms with Crippen molar-refractivity contribution in [1.29, 1.82) is 0 Å². The van der Waals surface area contributed by atoms with Gasteiger partial charge in [0.15, 0.2) is 11.5 Å². The van der Waals surface area contributed by atoms with E-state index in [1.807, 2.05) is 48.1 Å². The van der Waals surface area contributed by atoms with Gasteiger partial charge in [0.2, 0.25) is 11.7 Å². The maximum atomic E-state index is 12.9. The second-order valence-electron chi connectivity index (χ2n) is 7.26. The van der Waals surface area contributed by atoms with Crippen molar-refractivity contribution in [2.75, 3.05) is 19.1 Å². The molecule has 0 spiro atoms. The van der Waals surface area contributed by atoms with E-state index in [0.29, 0.717) is 18.1 Å². The van der Waals surface area contributed by atoms with Crippen molar-refractivity contribution < 1.29 is 14.1 Å². The van der Waals surface area contributed by atoms with E-state index >= 15 is 0 Å². The number of fused-ring (bicyclic) bond motifs is 1. The van der Waals surface area contributed by atoms with Crippen molar-refractivity contribution in [1.82, 2.24) is 24.5 Å². The van der Waals surface area contributed by atoms with Gasteiger partial charge in [-0.2, -0.15) is 5.10 Å². The zero-order valence-electron chi connectivity index (χ0n) is 17.7. The first-order chi connectivity index (χ1) is 14.9. The predicted octanol–water partition coefficient (Wildman–Crippen LogP) is 1.73. The number of nitrogens with zero attached hydrogens (tertiary/aromatic N) is 6. The van der Waals surface area contributed by atoms with E-state index in [2.05, 4.69) is 15.2 Å². The summed E-state index contributed by atoms with van der Waals surface area (Å²) in [4.78, 5) is 32.1. The molecule has 31 heavy (non-hydrogen) atoms. The van der Waals surface area contributed by atoms with Crippen LogP contribution < -0.4 is 15.2 Å². The molecule has 0 radical (unpaired) electrons. The fourth-order valence-electron chi connectivity index (χ4n) is 3.57. The Morgan fingerprint density at radius 3 is 2.77 bits per heavy atom. The lowest BCUT2D eigenvalue weighted by molar-refractivity contribution is 0.0984. The molecule has 0 atom stereocenters. The fourth-order valence-corrected chi connectivity index (χ4v) is 3.57. The Labute approximate surface area is 177 Å². The minimum Gasteiger partial charge on any atom is -0.489 e. The number of hydrogen-bond donors (Lipinski definition) is 0. The molecule has 0 unspecified atom stereocenters. The molecule has 0 amide bonds. The molecule has 0 fully saturated rings. The van der Waals surface area contributed by atoms with Crippen LogP contribution in [0.1, 0.15) is 21.6 Å². The van der Waals surface area contributed by atoms with Crippen LogP contribution in [0, 0.1) is 0 Å². The first-order valence-corrected chi connectivity index (χ1v) is 9.58. The van der Waals surface area contributed by atoms with Gasteiger partial charge in [0.25, 0.3) is 5.56 Å². The van der Waals surface area contributed by atoms with Crippen LogP contribution in [0.4, 0.5) is 5.95 Å². The van der Waals surface area contributed by atoms with Crippen molar-refractivity contribution in [3.8, 4) is 5.75 Å². The van der Waals surface area contributed by atoms with Crippen molar-refractivity contribution in [2.24, 2.45) is 14.1 Å². The summed E-state index contributed by atoms with van der Waals surface area (Å²) in [5.74, 6) is -0.0995. The summed E-state index contributed by atoms with van der Waals surface area (Å²) in [5.41, 5.74) is 2.16. The smallest absolute Gasteiger partial charge is 0.297 e. The van der Waals surface area contributed by atoms with E-state index < -0.39 is 5.56 Å². The molecule has 0 saturated carbocycles. The second kappa shape index (κ2) is 8.05. The summed E-state index contributed by atoms with van der Waals surface area (Å²) < 4.78 is 13.2. The Morgan fingerprint density at radius 2 is 2.06 bits per heavy atom. The van der Waals surface area contributed by atoms with E-state index in [4.69, 9.17) is 9.26 Å². The molecule has 3 heterocycles. The molecule has 0 bridgehead atoms. The van der Waals surface area contributed by atoms with Gasteiger partial charge in [-0.1, -0.05) is 17.3 Å². The van der Waals surface area contributed by atoms with Crippen molar-refractivity contribution in [3.63, 3.8) is 0 Å². The van der Waals surface area contributed by atoms with Crippen molar-refractivity contribution in [3.05, 3.63) is 64.0 Å².